The van der Waals surface area contributed by atoms with Crippen molar-refractivity contribution in [2.24, 2.45) is 0 Å². The number of nitrogens with one attached hydrogen (secondary N) is 2. The molecule has 41 heavy (non-hydrogen) atoms. The van der Waals surface area contributed by atoms with Crippen molar-refractivity contribution in [3.05, 3.63) is 83.4 Å². The summed E-state index contributed by atoms with van der Waals surface area (Å²) >= 11 is -5.98. The molecule has 6 rings (SSSR count). The number of hydrogen-bond donors (Lipinski definition) is 5. The van der Waals surface area contributed by atoms with E-state index in [-0.39, 0.29) is 0 Å². The quantitative estimate of drug-likeness (QED) is 0.135. The third kappa shape index (κ3) is 6.68. The van der Waals surface area contributed by atoms with Gasteiger partial charge < -0.3 is 9.97 Å². The minimum atomic E-state index is -5.98. The molecule has 0 atom stereocenters. The zero-order valence-electron chi connectivity index (χ0n) is 20.7. The molecule has 17 heteroatoms. The van der Waals surface area contributed by atoms with Gasteiger partial charge in [-0.1, -0.05) is 24.3 Å². The van der Waals surface area contributed by atoms with Crippen molar-refractivity contribution in [3.8, 4) is 0 Å². The second kappa shape index (κ2) is 10.7. The Bertz CT molecular complexity index is 2070. The van der Waals surface area contributed by atoms with Gasteiger partial charge in [0.05, 0.1) is 22.8 Å². The van der Waals surface area contributed by atoms with E-state index < -0.39 is 36.6 Å². The molecule has 4 aromatic rings. The van der Waals surface area contributed by atoms with E-state index in [9.17, 15) is 25.3 Å². The van der Waals surface area contributed by atoms with E-state index in [1.54, 1.807) is 0 Å². The van der Waals surface area contributed by atoms with E-state index in [0.717, 1.165) is 44.8 Å². The average Bonchev–Trinajstić information content (AvgIpc) is 3.62. The predicted molar refractivity (Wildman–Crippen MR) is 151 cm³/mol. The Kier molecular flexibility index (Phi) is 7.54. The molecule has 1 aromatic carbocycles. The molecule has 13 nitrogen and oxygen atoms in total. The van der Waals surface area contributed by atoms with Crippen LogP contribution in [-0.4, -0.2) is 58.8 Å². The van der Waals surface area contributed by atoms with E-state index >= 15 is 0 Å². The molecule has 209 valence electrons. The van der Waals surface area contributed by atoms with Crippen molar-refractivity contribution >= 4 is 81.5 Å². The van der Waals surface area contributed by atoms with Crippen LogP contribution in [0.2, 0.25) is 0 Å². The SMILES string of the molecule is C1=Cc2cc3[nH]c(cc4nc(cc5ccc(cc1n2)[nH]5)C=C4)c1ccccc31.O=[S](=O)(O)[Zn]([S](=O)(=O)O)[S](=O)(=O)O. The number of rotatable bonds is 3. The van der Waals surface area contributed by atoms with Gasteiger partial charge in [-0.25, -0.2) is 9.97 Å². The van der Waals surface area contributed by atoms with Crippen LogP contribution in [0.15, 0.2) is 60.7 Å². The fourth-order valence-corrected chi connectivity index (χ4v) is 30.2. The summed E-state index contributed by atoms with van der Waals surface area (Å²) in [4.78, 5) is 16.4. The van der Waals surface area contributed by atoms with Gasteiger partial charge in [0.15, 0.2) is 0 Å². The molecule has 0 amide bonds. The molecule has 5 heterocycles. The molecule has 0 saturated heterocycles. The molecule has 5 N–H and O–H groups in total. The molecule has 0 unspecified atom stereocenters. The normalized spacial score (nSPS) is 13.1. The van der Waals surface area contributed by atoms with Gasteiger partial charge in [0, 0.05) is 32.8 Å². The first kappa shape index (κ1) is 28.9. The van der Waals surface area contributed by atoms with Gasteiger partial charge in [0.25, 0.3) is 0 Å². The van der Waals surface area contributed by atoms with Crippen LogP contribution < -0.4 is 0 Å². The molecular formula is C24H19N4O9S3Zn. The Morgan fingerprint density at radius 2 is 0.902 bits per heavy atom. The number of nitrogens with zero attached hydrogens (tertiary/aromatic N) is 2. The number of aromatic nitrogens is 4. The molecule has 8 bridgehead atoms. The average molecular weight is 669 g/mol. The zero-order chi connectivity index (χ0) is 29.6. The second-order valence-corrected chi connectivity index (χ2v) is 42.6. The molecule has 0 radical (unpaired) electrons. The number of fused-ring (bicyclic) bond motifs is 11. The molecule has 0 saturated carbocycles. The monoisotopic (exact) mass is 667 g/mol. The van der Waals surface area contributed by atoms with Gasteiger partial charge in [-0.15, -0.1) is 0 Å². The Balaban J connectivity index is 0.000000223. The minimum absolute atomic E-state index is 0.933. The van der Waals surface area contributed by atoms with Crippen LogP contribution in [0.3, 0.4) is 0 Å². The van der Waals surface area contributed by atoms with E-state index in [4.69, 9.17) is 23.6 Å². The van der Waals surface area contributed by atoms with Gasteiger partial charge in [-0.05, 0) is 60.7 Å². The van der Waals surface area contributed by atoms with E-state index in [1.807, 2.05) is 24.3 Å². The van der Waals surface area contributed by atoms with Gasteiger partial charge in [0.1, 0.15) is 0 Å². The van der Waals surface area contributed by atoms with Crippen LogP contribution >= 0.6 is 0 Å². The van der Waals surface area contributed by atoms with Gasteiger partial charge >= 0.3 is 75.5 Å². The molecule has 3 aromatic heterocycles. The van der Waals surface area contributed by atoms with E-state index in [0.29, 0.717) is 0 Å². The predicted octanol–water partition coefficient (Wildman–Crippen LogP) is 3.82. The molecule has 0 fully saturated rings. The molecular weight excluding hydrogens is 650 g/mol. The first-order chi connectivity index (χ1) is 19.2. The fourth-order valence-electron chi connectivity index (χ4n) is 4.35. The third-order valence-corrected chi connectivity index (χ3v) is 46.9. The van der Waals surface area contributed by atoms with Gasteiger partial charge in [-0.3, -0.25) is 0 Å². The Morgan fingerprint density at radius 3 is 1.24 bits per heavy atom. The number of hydrogen-bond acceptors (Lipinski definition) is 8. The summed E-state index contributed by atoms with van der Waals surface area (Å²) in [6, 6.07) is 20.8. The van der Waals surface area contributed by atoms with Crippen LogP contribution in [0.25, 0.3) is 57.1 Å². The summed E-state index contributed by atoms with van der Waals surface area (Å²) in [6.45, 7) is 0. The van der Waals surface area contributed by atoms with Crippen molar-refractivity contribution in [1.82, 2.24) is 19.9 Å². The van der Waals surface area contributed by atoms with Crippen molar-refractivity contribution in [1.29, 1.82) is 0 Å². The first-order valence-electron chi connectivity index (χ1n) is 11.7. The van der Waals surface area contributed by atoms with Crippen molar-refractivity contribution in [2.45, 2.75) is 0 Å². The summed E-state index contributed by atoms with van der Waals surface area (Å²) in [5.41, 5.74) is 7.89. The summed E-state index contributed by atoms with van der Waals surface area (Å²) in [7, 11) is -16.3. The number of benzene rings is 1. The molecule has 2 aliphatic heterocycles. The molecule has 0 spiro atoms. The van der Waals surface area contributed by atoms with Crippen molar-refractivity contribution in [2.75, 3.05) is 0 Å². The van der Waals surface area contributed by atoms with E-state index in [1.165, 1.54) is 10.8 Å². The second-order valence-electron chi connectivity index (χ2n) is 9.13. The van der Waals surface area contributed by atoms with Crippen LogP contribution in [0.1, 0.15) is 22.8 Å². The Morgan fingerprint density at radius 1 is 0.537 bits per heavy atom. The van der Waals surface area contributed by atoms with Gasteiger partial charge in [-0.2, -0.15) is 0 Å². The molecule has 2 aliphatic rings. The van der Waals surface area contributed by atoms with E-state index in [2.05, 4.69) is 70.6 Å². The maximum atomic E-state index is 10.2. The number of aromatic amines is 2. The Labute approximate surface area is 235 Å². The van der Waals surface area contributed by atoms with Crippen LogP contribution in [0, 0.1) is 0 Å². The third-order valence-electron chi connectivity index (χ3n) is 5.96. The topological polar surface area (TPSA) is 220 Å². The Hall–Kier alpha value is -3.57. The van der Waals surface area contributed by atoms with Gasteiger partial charge in [0.2, 0.25) is 0 Å². The number of H-pyrrole nitrogens is 2. The zero-order valence-corrected chi connectivity index (χ0v) is 26.1. The van der Waals surface area contributed by atoms with Crippen LogP contribution in [0.4, 0.5) is 0 Å². The summed E-state index contributed by atoms with van der Waals surface area (Å²) in [6.07, 6.45) is 8.17. The standard InChI is InChI=1S/C24H16N4.3HO3S.Zn/c1-2-4-22-21(3-1)23-13-19-9-7-17(26-19)11-15-5-6-16(25-15)12-18-8-10-20(27-18)14-24(22)28-23;3*1-4(2)3;/h1-14,25,28H;3*(H,1,2,3);. The summed E-state index contributed by atoms with van der Waals surface area (Å²) in [5, 5.41) is 2.36. The van der Waals surface area contributed by atoms with Crippen LogP contribution in [0.5, 0.6) is 0 Å². The summed E-state index contributed by atoms with van der Waals surface area (Å²) in [5.74, 6) is 0. The molecule has 0 aliphatic carbocycles. The van der Waals surface area contributed by atoms with Crippen LogP contribution in [-0.2, 0) is 36.6 Å². The summed E-state index contributed by atoms with van der Waals surface area (Å²) < 4.78 is 85.6. The maximum absolute atomic E-state index is 10.2. The van der Waals surface area contributed by atoms with Crippen molar-refractivity contribution < 1.29 is 51.2 Å². The van der Waals surface area contributed by atoms with Crippen molar-refractivity contribution in [3.63, 3.8) is 0 Å². The first-order valence-corrected chi connectivity index (χ1v) is 27.4. The fraction of sp³-hybridized carbons (Fsp3) is 0.